The van der Waals surface area contributed by atoms with E-state index in [0.717, 1.165) is 98.4 Å². The minimum atomic E-state index is -4.92. The molecule has 388 valence electrons. The Morgan fingerprint density at radius 3 is 1.26 bits per heavy atom. The average molecular weight is 1020 g/mol. The van der Waals surface area contributed by atoms with E-state index in [4.69, 9.17) is 9.47 Å². The number of hydrogen-bond acceptors (Lipinski definition) is 12. The number of rotatable bonds is 8. The summed E-state index contributed by atoms with van der Waals surface area (Å²) in [7, 11) is 0. The lowest BCUT2D eigenvalue weighted by molar-refractivity contribution is -0.275. The van der Waals surface area contributed by atoms with E-state index >= 15 is 0 Å². The van der Waals surface area contributed by atoms with Gasteiger partial charge in [0.15, 0.2) is 0 Å². The molecule has 6 aliphatic rings. The van der Waals surface area contributed by atoms with Crippen LogP contribution in [0.2, 0.25) is 0 Å². The van der Waals surface area contributed by atoms with Crippen molar-refractivity contribution in [3.63, 3.8) is 0 Å². The van der Waals surface area contributed by atoms with Crippen LogP contribution in [0.5, 0.6) is 11.5 Å². The van der Waals surface area contributed by atoms with Gasteiger partial charge in [0.25, 0.3) is 0 Å². The molecule has 2 aromatic heterocycles. The van der Waals surface area contributed by atoms with Gasteiger partial charge in [0, 0.05) is 111 Å². The number of likely N-dealkylation sites (tertiary alicyclic amines) is 4. The normalized spacial score (nSPS) is 21.1. The molecule has 18 nitrogen and oxygen atoms in total. The van der Waals surface area contributed by atoms with Gasteiger partial charge in [0.05, 0.1) is 22.8 Å². The maximum absolute atomic E-state index is 14.1. The number of nitrogens with zero attached hydrogens (tertiary/aromatic N) is 8. The number of benzene rings is 2. The summed E-state index contributed by atoms with van der Waals surface area (Å²) in [5, 5.41) is 21.7. The Bertz CT molecular complexity index is 2450. The molecule has 4 saturated heterocycles. The van der Waals surface area contributed by atoms with Crippen LogP contribution in [0.25, 0.3) is 0 Å². The first-order valence-corrected chi connectivity index (χ1v) is 23.5. The van der Waals surface area contributed by atoms with E-state index in [1.54, 1.807) is 0 Å². The zero-order chi connectivity index (χ0) is 51.0. The highest BCUT2D eigenvalue weighted by atomic mass is 19.4. The van der Waals surface area contributed by atoms with Crippen LogP contribution in [-0.2, 0) is 58.0 Å². The number of hydrogen-bond donors (Lipinski definition) is 2. The number of aromatic amines is 2. The number of aromatic nitrogens is 6. The number of nitrogens with one attached hydrogen (secondary N) is 2. The summed E-state index contributed by atoms with van der Waals surface area (Å²) in [5.41, 5.74) is 3.47. The Morgan fingerprint density at radius 2 is 0.917 bits per heavy atom. The number of halogens is 8. The fourth-order valence-corrected chi connectivity index (χ4v) is 10.5. The van der Waals surface area contributed by atoms with Gasteiger partial charge in [-0.3, -0.25) is 9.59 Å². The fourth-order valence-electron chi connectivity index (χ4n) is 10.5. The molecule has 26 heteroatoms. The third-order valence-corrected chi connectivity index (χ3v) is 14.6. The fraction of sp³-hybridized carbons (Fsp3) is 0.565. The first-order chi connectivity index (χ1) is 34.2. The van der Waals surface area contributed by atoms with Crippen molar-refractivity contribution in [2.24, 2.45) is 22.7 Å². The molecule has 4 fully saturated rings. The Morgan fingerprint density at radius 1 is 0.556 bits per heavy atom. The number of aryl methyl sites for hydroxylation is 2. The molecule has 6 heterocycles. The summed E-state index contributed by atoms with van der Waals surface area (Å²) in [5.74, 6) is -3.16. The molecular formula is C46H50F8N10O8. The monoisotopic (exact) mass is 1020 g/mol. The van der Waals surface area contributed by atoms with Gasteiger partial charge in [-0.05, 0) is 75.6 Å². The van der Waals surface area contributed by atoms with Gasteiger partial charge < -0.3 is 38.5 Å². The Kier molecular flexibility index (Phi) is 14.0. The Hall–Kier alpha value is -6.76. The molecule has 0 saturated carbocycles. The van der Waals surface area contributed by atoms with Crippen molar-refractivity contribution in [3.8, 4) is 11.5 Å². The van der Waals surface area contributed by atoms with E-state index in [1.807, 2.05) is 9.80 Å². The van der Waals surface area contributed by atoms with Crippen LogP contribution in [0.3, 0.4) is 0 Å². The van der Waals surface area contributed by atoms with E-state index in [-0.39, 0.29) is 45.6 Å². The third kappa shape index (κ3) is 11.6. The maximum atomic E-state index is 14.1. The summed E-state index contributed by atoms with van der Waals surface area (Å²) in [6.45, 7) is 3.64. The van der Waals surface area contributed by atoms with Gasteiger partial charge in [-0.2, -0.15) is 30.8 Å². The van der Waals surface area contributed by atoms with Crippen LogP contribution in [0.15, 0.2) is 36.4 Å². The number of ether oxygens (including phenoxy) is 4. The standard InChI is InChI=1S/2C23H25F4N5O4/c2*24-17-10-16(36-23(25,26)27)3-1-15(17)11-35-21(34)31-7-5-22(6-8-31)12-32(13-22)20(33)14-2-4-18-19(9-14)29-30-28-18/h2*1,3,10,14H,2,4-9,11-13H2,(H,28,29,30)/t2*14-/m10/s1. The summed E-state index contributed by atoms with van der Waals surface area (Å²) in [4.78, 5) is 57.6. The van der Waals surface area contributed by atoms with Crippen molar-refractivity contribution < 1.29 is 73.2 Å². The Labute approximate surface area is 405 Å². The molecule has 2 atom stereocenters. The third-order valence-electron chi connectivity index (χ3n) is 14.6. The highest BCUT2D eigenvalue weighted by Crippen LogP contribution is 2.43. The second-order valence-electron chi connectivity index (χ2n) is 19.4. The summed E-state index contributed by atoms with van der Waals surface area (Å²) >= 11 is 0. The number of carbonyl (C=O) groups excluding carboxylic acids is 4. The van der Waals surface area contributed by atoms with Crippen LogP contribution in [0.4, 0.5) is 44.7 Å². The number of fused-ring (bicyclic) bond motifs is 2. The first-order valence-electron chi connectivity index (χ1n) is 23.5. The van der Waals surface area contributed by atoms with E-state index < -0.39 is 61.3 Å². The summed E-state index contributed by atoms with van der Waals surface area (Å²) in [6, 6.07) is 5.30. The summed E-state index contributed by atoms with van der Waals surface area (Å²) in [6.07, 6.45) is -3.95. The quantitative estimate of drug-likeness (QED) is 0.184. The van der Waals surface area contributed by atoms with Crippen molar-refractivity contribution in [1.82, 2.24) is 50.4 Å². The highest BCUT2D eigenvalue weighted by molar-refractivity contribution is 5.81. The minimum Gasteiger partial charge on any atom is -0.444 e. The molecule has 10 rings (SSSR count). The first kappa shape index (κ1) is 50.2. The lowest BCUT2D eigenvalue weighted by atomic mass is 9.71. The summed E-state index contributed by atoms with van der Waals surface area (Å²) < 4.78 is 119. The molecular weight excluding hydrogens is 973 g/mol. The molecule has 2 aromatic carbocycles. The van der Waals surface area contributed by atoms with Crippen molar-refractivity contribution in [2.45, 2.75) is 90.1 Å². The number of piperidine rings is 2. The topological polar surface area (TPSA) is 201 Å². The lowest BCUT2D eigenvalue weighted by Gasteiger charge is -2.54. The molecule has 72 heavy (non-hydrogen) atoms. The minimum absolute atomic E-state index is 0.0133. The molecule has 2 spiro atoms. The van der Waals surface area contributed by atoms with Crippen LogP contribution in [0.1, 0.15) is 72.4 Å². The molecule has 0 bridgehead atoms. The van der Waals surface area contributed by atoms with Crippen LogP contribution in [0, 0.1) is 34.3 Å². The van der Waals surface area contributed by atoms with Gasteiger partial charge in [-0.15, -0.1) is 26.3 Å². The van der Waals surface area contributed by atoms with E-state index in [2.05, 4.69) is 40.3 Å². The van der Waals surface area contributed by atoms with Crippen LogP contribution >= 0.6 is 0 Å². The zero-order valence-electron chi connectivity index (χ0n) is 38.6. The van der Waals surface area contributed by atoms with Gasteiger partial charge in [-0.25, -0.2) is 18.4 Å². The van der Waals surface area contributed by atoms with E-state index in [0.29, 0.717) is 77.3 Å². The van der Waals surface area contributed by atoms with Crippen molar-refractivity contribution in [1.29, 1.82) is 0 Å². The number of H-pyrrole nitrogens is 2. The van der Waals surface area contributed by atoms with Crippen molar-refractivity contribution in [3.05, 3.63) is 81.9 Å². The average Bonchev–Trinajstić information content (AvgIpc) is 4.00. The van der Waals surface area contributed by atoms with Gasteiger partial charge in [0.1, 0.15) is 36.3 Å². The lowest BCUT2D eigenvalue weighted by Crippen LogP contribution is -2.63. The van der Waals surface area contributed by atoms with E-state index in [9.17, 15) is 54.3 Å². The SMILES string of the molecule is O=C(OCc1ccc(OC(F)(F)F)cc1F)N1CCC2(CC1)CN(C(=O)[C@@H]1CCc3n[nH]nc3C1)C2.O=C(OCc1ccc(OC(F)(F)F)cc1F)N1CCC2(CC1)CN(C(=O)[C@H]1CCc3n[nH]nc3C1)C2. The largest absolute Gasteiger partial charge is 0.573 e. The molecule has 4 aromatic rings. The van der Waals surface area contributed by atoms with E-state index in [1.165, 1.54) is 9.80 Å². The number of amides is 4. The second-order valence-corrected chi connectivity index (χ2v) is 19.4. The van der Waals surface area contributed by atoms with Gasteiger partial charge in [0.2, 0.25) is 11.8 Å². The molecule has 4 amide bonds. The van der Waals surface area contributed by atoms with Gasteiger partial charge >= 0.3 is 24.9 Å². The van der Waals surface area contributed by atoms with Crippen molar-refractivity contribution >= 4 is 24.0 Å². The number of carbonyl (C=O) groups is 4. The maximum Gasteiger partial charge on any atom is 0.573 e. The molecule has 2 aliphatic carbocycles. The molecule has 2 N–H and O–H groups in total. The second kappa shape index (κ2) is 20.0. The van der Waals surface area contributed by atoms with Crippen LogP contribution in [-0.4, -0.2) is 140 Å². The zero-order valence-corrected chi connectivity index (χ0v) is 38.6. The predicted molar refractivity (Wildman–Crippen MR) is 230 cm³/mol. The molecule has 0 radical (unpaired) electrons. The van der Waals surface area contributed by atoms with Gasteiger partial charge in [-0.1, -0.05) is 0 Å². The smallest absolute Gasteiger partial charge is 0.444 e. The molecule has 0 unspecified atom stereocenters. The number of alkyl halides is 6. The Balaban J connectivity index is 0.000000178. The highest BCUT2D eigenvalue weighted by Gasteiger charge is 2.50. The predicted octanol–water partition coefficient (Wildman–Crippen LogP) is 6.42. The van der Waals surface area contributed by atoms with Crippen LogP contribution < -0.4 is 9.47 Å². The molecule has 4 aliphatic heterocycles. The van der Waals surface area contributed by atoms with Crippen molar-refractivity contribution in [2.75, 3.05) is 52.4 Å².